The fourth-order valence-electron chi connectivity index (χ4n) is 3.78. The molecule has 1 fully saturated rings. The van der Waals surface area contributed by atoms with E-state index in [1.54, 1.807) is 24.5 Å². The minimum Gasteiger partial charge on any atom is -0.760 e. The molecule has 0 aliphatic carbocycles. The molecule has 10 heteroatoms. The second-order valence-corrected chi connectivity index (χ2v) is 8.64. The van der Waals surface area contributed by atoms with Crippen LogP contribution >= 0.6 is 11.6 Å². The quantitative estimate of drug-likeness (QED) is 0.502. The van der Waals surface area contributed by atoms with Gasteiger partial charge in [-0.05, 0) is 35.4 Å². The van der Waals surface area contributed by atoms with Crippen LogP contribution in [0.5, 0.6) is 0 Å². The van der Waals surface area contributed by atoms with Crippen molar-refractivity contribution in [2.45, 2.75) is 18.6 Å². The van der Waals surface area contributed by atoms with E-state index in [0.29, 0.717) is 18.1 Å². The highest BCUT2D eigenvalue weighted by molar-refractivity contribution is 7.76. The van der Waals surface area contributed by atoms with Crippen molar-refractivity contribution in [3.05, 3.63) is 94.5 Å². The first kappa shape index (κ1) is 21.9. The predicted octanol–water partition coefficient (Wildman–Crippen LogP) is 3.48. The number of likely N-dealkylation sites (tertiary alicyclic amines) is 1. The summed E-state index contributed by atoms with van der Waals surface area (Å²) in [6.45, 7) is 0.769. The lowest BCUT2D eigenvalue weighted by Crippen LogP contribution is -2.60. The lowest BCUT2D eigenvalue weighted by atomic mass is 9.94. The van der Waals surface area contributed by atoms with Crippen LogP contribution in [-0.4, -0.2) is 47.1 Å². The molecule has 0 spiro atoms. The zero-order valence-corrected chi connectivity index (χ0v) is 17.8. The van der Waals surface area contributed by atoms with Crippen LogP contribution in [0, 0.1) is 11.6 Å². The highest BCUT2D eigenvalue weighted by Gasteiger charge is 2.38. The predicted molar refractivity (Wildman–Crippen MR) is 112 cm³/mol. The molecule has 162 valence electrons. The molecule has 0 radical (unpaired) electrons. The van der Waals surface area contributed by atoms with Crippen LogP contribution in [0.3, 0.4) is 0 Å². The molecule has 4 rings (SSSR count). The SMILES string of the molecule is O=S([O-])N(Cc1cc(F)cc(F)c1)C1CN([C@@H](c2ccc(Cl)cc2)c2cncnc2)C1. The van der Waals surface area contributed by atoms with Crippen molar-refractivity contribution in [1.29, 1.82) is 0 Å². The summed E-state index contributed by atoms with van der Waals surface area (Å²) >= 11 is 3.48. The number of hydrogen-bond donors (Lipinski definition) is 0. The maximum atomic E-state index is 13.5. The molecule has 3 aromatic rings. The molecule has 2 aromatic carbocycles. The van der Waals surface area contributed by atoms with E-state index in [-0.39, 0.29) is 24.2 Å². The van der Waals surface area contributed by atoms with E-state index >= 15 is 0 Å². The highest BCUT2D eigenvalue weighted by Crippen LogP contribution is 2.34. The normalized spacial score (nSPS) is 16.8. The van der Waals surface area contributed by atoms with Crippen molar-refractivity contribution in [2.75, 3.05) is 13.1 Å². The summed E-state index contributed by atoms with van der Waals surface area (Å²) in [5.74, 6) is -1.48. The van der Waals surface area contributed by atoms with Crippen molar-refractivity contribution in [3.8, 4) is 0 Å². The minimum atomic E-state index is -2.55. The van der Waals surface area contributed by atoms with Crippen molar-refractivity contribution in [1.82, 2.24) is 19.2 Å². The Balaban J connectivity index is 1.53. The summed E-state index contributed by atoms with van der Waals surface area (Å²) in [7, 11) is 0. The molecule has 2 atom stereocenters. The first-order valence-electron chi connectivity index (χ1n) is 9.46. The zero-order valence-electron chi connectivity index (χ0n) is 16.2. The first-order chi connectivity index (χ1) is 14.9. The molecule has 6 nitrogen and oxygen atoms in total. The number of hydrogen-bond acceptors (Lipinski definition) is 5. The van der Waals surface area contributed by atoms with Crippen LogP contribution in [0.25, 0.3) is 0 Å². The van der Waals surface area contributed by atoms with Gasteiger partial charge in [0, 0.05) is 66.0 Å². The van der Waals surface area contributed by atoms with Crippen LogP contribution in [0.15, 0.2) is 61.2 Å². The number of aromatic nitrogens is 2. The van der Waals surface area contributed by atoms with Gasteiger partial charge < -0.3 is 4.55 Å². The largest absolute Gasteiger partial charge is 0.760 e. The Labute approximate surface area is 185 Å². The third-order valence-electron chi connectivity index (χ3n) is 5.20. The summed E-state index contributed by atoms with van der Waals surface area (Å²) in [6.07, 6.45) is 4.89. The second-order valence-electron chi connectivity index (χ2n) is 7.30. The van der Waals surface area contributed by atoms with E-state index in [1.165, 1.54) is 10.6 Å². The minimum absolute atomic E-state index is 0.108. The van der Waals surface area contributed by atoms with Gasteiger partial charge in [0.1, 0.15) is 18.0 Å². The fraction of sp³-hybridized carbons (Fsp3) is 0.238. The molecule has 2 heterocycles. The Morgan fingerprint density at radius 3 is 2.29 bits per heavy atom. The van der Waals surface area contributed by atoms with Crippen molar-refractivity contribution < 1.29 is 17.5 Å². The van der Waals surface area contributed by atoms with Crippen molar-refractivity contribution in [3.63, 3.8) is 0 Å². The maximum absolute atomic E-state index is 13.5. The van der Waals surface area contributed by atoms with Crippen LogP contribution < -0.4 is 0 Å². The molecule has 1 unspecified atom stereocenters. The average Bonchev–Trinajstić information content (AvgIpc) is 2.70. The van der Waals surface area contributed by atoms with Gasteiger partial charge in [-0.2, -0.15) is 0 Å². The summed E-state index contributed by atoms with van der Waals surface area (Å²) < 4.78 is 51.9. The van der Waals surface area contributed by atoms with Gasteiger partial charge in [0.15, 0.2) is 0 Å². The molecule has 1 aliphatic heterocycles. The summed E-state index contributed by atoms with van der Waals surface area (Å²) in [6, 6.07) is 9.93. The molecular formula is C21H18ClF2N4O2S-. The fourth-order valence-corrected chi connectivity index (χ4v) is 4.53. The van der Waals surface area contributed by atoms with Gasteiger partial charge in [-0.15, -0.1) is 0 Å². The lowest BCUT2D eigenvalue weighted by molar-refractivity contribution is 0.0491. The van der Waals surface area contributed by atoms with Gasteiger partial charge in [0.05, 0.1) is 6.04 Å². The Hall–Kier alpha value is -2.30. The van der Waals surface area contributed by atoms with Gasteiger partial charge in [0.25, 0.3) is 0 Å². The maximum Gasteiger partial charge on any atom is 0.126 e. The third-order valence-corrected chi connectivity index (χ3v) is 6.26. The zero-order chi connectivity index (χ0) is 22.0. The Morgan fingerprint density at radius 1 is 1.10 bits per heavy atom. The van der Waals surface area contributed by atoms with Crippen molar-refractivity contribution >= 4 is 22.9 Å². The summed E-state index contributed by atoms with van der Waals surface area (Å²) in [4.78, 5) is 10.3. The summed E-state index contributed by atoms with van der Waals surface area (Å²) in [5.41, 5.74) is 2.09. The molecule has 1 aliphatic rings. The van der Waals surface area contributed by atoms with E-state index in [2.05, 4.69) is 14.9 Å². The van der Waals surface area contributed by atoms with Crippen LogP contribution in [0.2, 0.25) is 5.02 Å². The van der Waals surface area contributed by atoms with Gasteiger partial charge in [-0.25, -0.2) is 23.1 Å². The molecule has 31 heavy (non-hydrogen) atoms. The number of nitrogens with zero attached hydrogens (tertiary/aromatic N) is 4. The molecule has 1 saturated heterocycles. The molecule has 0 bridgehead atoms. The molecule has 0 saturated carbocycles. The number of benzene rings is 2. The number of rotatable bonds is 7. The van der Waals surface area contributed by atoms with Crippen LogP contribution in [0.1, 0.15) is 22.7 Å². The van der Waals surface area contributed by atoms with E-state index < -0.39 is 22.9 Å². The van der Waals surface area contributed by atoms with Crippen molar-refractivity contribution in [2.24, 2.45) is 0 Å². The second kappa shape index (κ2) is 9.46. The van der Waals surface area contributed by atoms with Gasteiger partial charge in [-0.3, -0.25) is 9.11 Å². The van der Waals surface area contributed by atoms with E-state index in [0.717, 1.165) is 29.3 Å². The Kier molecular flexibility index (Phi) is 6.68. The van der Waals surface area contributed by atoms with E-state index in [9.17, 15) is 17.5 Å². The molecule has 0 amide bonds. The standard InChI is InChI=1S/C21H19ClF2N4O2S/c22-17-3-1-15(2-4-17)21(16-8-25-13-26-9-16)27-11-20(12-27)28(31(29)30)10-14-5-18(23)7-19(24)6-14/h1-9,13,20-21H,10-12H2,(H,29,30)/p-1/t21-/m0/s1. The van der Waals surface area contributed by atoms with Gasteiger partial charge in [0.2, 0.25) is 0 Å². The van der Waals surface area contributed by atoms with Gasteiger partial charge >= 0.3 is 0 Å². The highest BCUT2D eigenvalue weighted by atomic mass is 35.5. The van der Waals surface area contributed by atoms with E-state index in [1.807, 2.05) is 12.1 Å². The lowest BCUT2D eigenvalue weighted by Gasteiger charge is -2.49. The average molecular weight is 464 g/mol. The topological polar surface area (TPSA) is 72.4 Å². The van der Waals surface area contributed by atoms with Crippen LogP contribution in [0.4, 0.5) is 8.78 Å². The van der Waals surface area contributed by atoms with E-state index in [4.69, 9.17) is 11.6 Å². The Morgan fingerprint density at radius 2 is 1.71 bits per heavy atom. The third kappa shape index (κ3) is 5.13. The Bertz CT molecular complexity index is 1050. The summed E-state index contributed by atoms with van der Waals surface area (Å²) in [5, 5.41) is 0.614. The first-order valence-corrected chi connectivity index (χ1v) is 10.9. The molecule has 1 aromatic heterocycles. The van der Waals surface area contributed by atoms with Crippen LogP contribution in [-0.2, 0) is 17.8 Å². The molecule has 0 N–H and O–H groups in total. The number of halogens is 3. The molecular weight excluding hydrogens is 446 g/mol. The smallest absolute Gasteiger partial charge is 0.126 e. The van der Waals surface area contributed by atoms with Gasteiger partial charge in [-0.1, -0.05) is 23.7 Å². The monoisotopic (exact) mass is 463 g/mol.